The molecule has 126 valence electrons. The molecular formula is C19H25N5. The fourth-order valence-corrected chi connectivity index (χ4v) is 4.01. The van der Waals surface area contributed by atoms with Gasteiger partial charge in [0.05, 0.1) is 5.69 Å². The van der Waals surface area contributed by atoms with E-state index >= 15 is 0 Å². The number of aromatic nitrogens is 2. The summed E-state index contributed by atoms with van der Waals surface area (Å²) in [6, 6.07) is 8.55. The van der Waals surface area contributed by atoms with Crippen LogP contribution in [0.5, 0.6) is 0 Å². The topological polar surface area (TPSA) is 81.1 Å². The molecule has 0 unspecified atom stereocenters. The van der Waals surface area contributed by atoms with Crippen LogP contribution in [0.15, 0.2) is 24.3 Å². The van der Waals surface area contributed by atoms with Crippen LogP contribution in [-0.4, -0.2) is 29.6 Å². The Kier molecular flexibility index (Phi) is 4.10. The van der Waals surface area contributed by atoms with Crippen molar-refractivity contribution >= 4 is 11.8 Å². The molecule has 1 aliphatic carbocycles. The first-order chi connectivity index (χ1) is 11.8. The number of hydrogen-bond acceptors (Lipinski definition) is 5. The highest BCUT2D eigenvalue weighted by Gasteiger charge is 2.26. The predicted octanol–water partition coefficient (Wildman–Crippen LogP) is 2.39. The molecule has 0 saturated carbocycles. The molecule has 2 aromatic rings. The molecule has 1 saturated heterocycles. The van der Waals surface area contributed by atoms with Gasteiger partial charge in [0.1, 0.15) is 5.82 Å². The van der Waals surface area contributed by atoms with Crippen molar-refractivity contribution in [1.82, 2.24) is 9.97 Å². The molecule has 1 aromatic heterocycles. The highest BCUT2D eigenvalue weighted by molar-refractivity contribution is 5.74. The fraction of sp³-hybridized carbons (Fsp3) is 0.474. The minimum absolute atomic E-state index is 0.376. The molecule has 5 nitrogen and oxygen atoms in total. The van der Waals surface area contributed by atoms with Crippen molar-refractivity contribution < 1.29 is 0 Å². The van der Waals surface area contributed by atoms with E-state index in [1.54, 1.807) is 0 Å². The molecule has 2 heterocycles. The van der Waals surface area contributed by atoms with Crippen molar-refractivity contribution in [2.24, 2.45) is 11.7 Å². The Balaban J connectivity index is 1.77. The Morgan fingerprint density at radius 2 is 1.88 bits per heavy atom. The van der Waals surface area contributed by atoms with Crippen LogP contribution in [0, 0.1) is 5.92 Å². The molecule has 0 amide bonds. The van der Waals surface area contributed by atoms with Gasteiger partial charge in [0, 0.05) is 24.2 Å². The number of piperidine rings is 1. The molecule has 0 spiro atoms. The Labute approximate surface area is 143 Å². The van der Waals surface area contributed by atoms with E-state index in [9.17, 15) is 0 Å². The fourth-order valence-electron chi connectivity index (χ4n) is 4.01. The van der Waals surface area contributed by atoms with Crippen molar-refractivity contribution in [1.29, 1.82) is 0 Å². The third kappa shape index (κ3) is 2.73. The molecule has 4 N–H and O–H groups in total. The van der Waals surface area contributed by atoms with E-state index in [-0.39, 0.29) is 0 Å². The van der Waals surface area contributed by atoms with E-state index in [0.29, 0.717) is 11.9 Å². The quantitative estimate of drug-likeness (QED) is 0.887. The van der Waals surface area contributed by atoms with Crippen molar-refractivity contribution in [3.8, 4) is 11.3 Å². The Hall–Kier alpha value is -2.14. The lowest BCUT2D eigenvalue weighted by molar-refractivity contribution is 0.412. The molecule has 5 heteroatoms. The van der Waals surface area contributed by atoms with Crippen LogP contribution in [0.3, 0.4) is 0 Å². The van der Waals surface area contributed by atoms with Crippen LogP contribution in [0.2, 0.25) is 0 Å². The summed E-state index contributed by atoms with van der Waals surface area (Å²) in [4.78, 5) is 11.6. The van der Waals surface area contributed by atoms with Crippen molar-refractivity contribution in [3.05, 3.63) is 35.4 Å². The van der Waals surface area contributed by atoms with Crippen molar-refractivity contribution in [2.45, 2.75) is 32.1 Å². The minimum Gasteiger partial charge on any atom is -0.368 e. The molecule has 2 aliphatic rings. The third-order valence-electron chi connectivity index (χ3n) is 5.40. The molecule has 0 radical (unpaired) electrons. The summed E-state index contributed by atoms with van der Waals surface area (Å²) in [7, 11) is 0. The second-order valence-corrected chi connectivity index (χ2v) is 6.91. The summed E-state index contributed by atoms with van der Waals surface area (Å²) in [6.07, 6.45) is 5.48. The normalized spacial score (nSPS) is 18.0. The van der Waals surface area contributed by atoms with Crippen LogP contribution in [-0.2, 0) is 12.8 Å². The molecular weight excluding hydrogens is 298 g/mol. The zero-order chi connectivity index (χ0) is 16.5. The summed E-state index contributed by atoms with van der Waals surface area (Å²) >= 11 is 0. The highest BCUT2D eigenvalue weighted by Crippen LogP contribution is 2.36. The molecule has 1 aromatic carbocycles. The Morgan fingerprint density at radius 1 is 1.08 bits per heavy atom. The second-order valence-electron chi connectivity index (χ2n) is 6.91. The van der Waals surface area contributed by atoms with Gasteiger partial charge in [-0.05, 0) is 50.1 Å². The first kappa shape index (κ1) is 15.4. The number of nitrogens with zero attached hydrogens (tertiary/aromatic N) is 3. The molecule has 0 bridgehead atoms. The largest absolute Gasteiger partial charge is 0.368 e. The molecule has 0 atom stereocenters. The maximum Gasteiger partial charge on any atom is 0.222 e. The van der Waals surface area contributed by atoms with E-state index < -0.39 is 0 Å². The van der Waals surface area contributed by atoms with Gasteiger partial charge in [-0.1, -0.05) is 24.3 Å². The SMILES string of the molecule is NCC1CCN(c2nc(N)nc3c2CCCc2ccccc2-3)CC1. The lowest BCUT2D eigenvalue weighted by Gasteiger charge is -2.33. The lowest BCUT2D eigenvalue weighted by atomic mass is 9.96. The Morgan fingerprint density at radius 3 is 2.67 bits per heavy atom. The summed E-state index contributed by atoms with van der Waals surface area (Å²) in [5, 5.41) is 0. The van der Waals surface area contributed by atoms with Crippen molar-refractivity contribution in [2.75, 3.05) is 30.3 Å². The monoisotopic (exact) mass is 323 g/mol. The van der Waals surface area contributed by atoms with Gasteiger partial charge in [-0.25, -0.2) is 4.98 Å². The molecule has 1 fully saturated rings. The van der Waals surface area contributed by atoms with E-state index in [0.717, 1.165) is 63.3 Å². The smallest absolute Gasteiger partial charge is 0.222 e. The number of benzene rings is 1. The number of fused-ring (bicyclic) bond motifs is 3. The standard InChI is InChI=1S/C19H25N5/c20-12-13-8-10-24(11-9-13)18-16-7-3-5-14-4-1-2-6-15(14)17(16)22-19(21)23-18/h1-2,4,6,13H,3,5,7-12,20H2,(H2,21,22,23). The second kappa shape index (κ2) is 6.40. The highest BCUT2D eigenvalue weighted by atomic mass is 15.2. The van der Waals surface area contributed by atoms with Crippen LogP contribution in [0.1, 0.15) is 30.4 Å². The predicted molar refractivity (Wildman–Crippen MR) is 97.9 cm³/mol. The summed E-state index contributed by atoms with van der Waals surface area (Å²) < 4.78 is 0. The van der Waals surface area contributed by atoms with E-state index in [4.69, 9.17) is 11.5 Å². The van der Waals surface area contributed by atoms with Crippen molar-refractivity contribution in [3.63, 3.8) is 0 Å². The zero-order valence-corrected chi connectivity index (χ0v) is 14.0. The van der Waals surface area contributed by atoms with Gasteiger partial charge in [-0.3, -0.25) is 0 Å². The summed E-state index contributed by atoms with van der Waals surface area (Å²) in [5.41, 5.74) is 16.8. The van der Waals surface area contributed by atoms with Gasteiger partial charge in [-0.2, -0.15) is 4.98 Å². The van der Waals surface area contributed by atoms with Crippen LogP contribution < -0.4 is 16.4 Å². The lowest BCUT2D eigenvalue weighted by Crippen LogP contribution is -2.37. The average Bonchev–Trinajstić information content (AvgIpc) is 2.81. The number of nitrogens with two attached hydrogens (primary N) is 2. The first-order valence-electron chi connectivity index (χ1n) is 8.96. The van der Waals surface area contributed by atoms with E-state index in [1.165, 1.54) is 16.7 Å². The third-order valence-corrected chi connectivity index (χ3v) is 5.40. The van der Waals surface area contributed by atoms with Gasteiger partial charge in [-0.15, -0.1) is 0 Å². The van der Waals surface area contributed by atoms with Crippen LogP contribution in [0.4, 0.5) is 11.8 Å². The van der Waals surface area contributed by atoms with Gasteiger partial charge >= 0.3 is 0 Å². The van der Waals surface area contributed by atoms with E-state index in [2.05, 4.69) is 39.1 Å². The summed E-state index contributed by atoms with van der Waals surface area (Å²) in [6.45, 7) is 2.80. The number of hydrogen-bond donors (Lipinski definition) is 2. The Bertz CT molecular complexity index is 735. The molecule has 24 heavy (non-hydrogen) atoms. The van der Waals surface area contributed by atoms with Gasteiger partial charge in [0.25, 0.3) is 0 Å². The first-order valence-corrected chi connectivity index (χ1v) is 8.96. The number of rotatable bonds is 2. The van der Waals surface area contributed by atoms with Gasteiger partial charge in [0.2, 0.25) is 5.95 Å². The maximum absolute atomic E-state index is 6.08. The van der Waals surface area contributed by atoms with Gasteiger partial charge < -0.3 is 16.4 Å². The van der Waals surface area contributed by atoms with Crippen LogP contribution >= 0.6 is 0 Å². The van der Waals surface area contributed by atoms with Crippen LogP contribution in [0.25, 0.3) is 11.3 Å². The average molecular weight is 323 g/mol. The van der Waals surface area contributed by atoms with E-state index in [1.807, 2.05) is 0 Å². The number of aryl methyl sites for hydroxylation is 1. The number of nitrogen functional groups attached to an aromatic ring is 1. The summed E-state index contributed by atoms with van der Waals surface area (Å²) in [5.74, 6) is 2.06. The zero-order valence-electron chi connectivity index (χ0n) is 14.0. The maximum atomic E-state index is 6.08. The van der Waals surface area contributed by atoms with Gasteiger partial charge in [0.15, 0.2) is 0 Å². The molecule has 1 aliphatic heterocycles. The minimum atomic E-state index is 0.376. The molecule has 4 rings (SSSR count). The number of anilines is 2.